The van der Waals surface area contributed by atoms with Gasteiger partial charge in [0.05, 0.1) is 25.4 Å². The van der Waals surface area contributed by atoms with E-state index in [0.29, 0.717) is 12.8 Å². The second-order valence-electron chi connectivity index (χ2n) is 19.4. The Morgan fingerprint density at radius 3 is 1.30 bits per heavy atom. The van der Waals surface area contributed by atoms with E-state index >= 15 is 0 Å². The van der Waals surface area contributed by atoms with Gasteiger partial charge in [0.25, 0.3) is 0 Å². The molecule has 0 bridgehead atoms. The van der Waals surface area contributed by atoms with E-state index in [4.69, 9.17) is 9.47 Å². The zero-order valence-corrected chi connectivity index (χ0v) is 44.9. The van der Waals surface area contributed by atoms with Gasteiger partial charge in [-0.2, -0.15) is 0 Å². The fraction of sp³-hybridized carbons (Fsp3) is 0.694. The van der Waals surface area contributed by atoms with E-state index < -0.39 is 49.5 Å². The SMILES string of the molecule is CC/C=C\C/C=C\C/C=C\C/C=C\C/C=C\C/C=C\C/C=C\C/C=C\C/C=C\CCCCCCCCCC(=O)NC(COC1OC(CO)C(O)C(O)C1O)C(O)CCCCCCCCCCCCCCC. The van der Waals surface area contributed by atoms with Crippen LogP contribution in [0.2, 0.25) is 0 Å². The van der Waals surface area contributed by atoms with Crippen LogP contribution in [-0.2, 0) is 14.3 Å². The maximum atomic E-state index is 13.0. The third kappa shape index (κ3) is 40.0. The number of unbranched alkanes of at least 4 members (excludes halogenated alkanes) is 19. The van der Waals surface area contributed by atoms with Gasteiger partial charge in [-0.05, 0) is 83.5 Å². The number of carbonyl (C=O) groups excluding carboxylic acids is 1. The molecule has 1 rings (SSSR count). The minimum atomic E-state index is -1.56. The van der Waals surface area contributed by atoms with Gasteiger partial charge >= 0.3 is 0 Å². The van der Waals surface area contributed by atoms with Gasteiger partial charge in [-0.1, -0.05) is 239 Å². The Morgan fingerprint density at radius 2 is 0.873 bits per heavy atom. The van der Waals surface area contributed by atoms with Crippen LogP contribution < -0.4 is 5.32 Å². The van der Waals surface area contributed by atoms with E-state index in [9.17, 15) is 30.3 Å². The lowest BCUT2D eigenvalue weighted by molar-refractivity contribution is -0.302. The van der Waals surface area contributed by atoms with Crippen molar-refractivity contribution in [2.45, 2.75) is 262 Å². The fourth-order valence-corrected chi connectivity index (χ4v) is 8.39. The van der Waals surface area contributed by atoms with Gasteiger partial charge in [-0.3, -0.25) is 4.79 Å². The Labute approximate surface area is 434 Å². The molecule has 7 atom stereocenters. The molecule has 6 N–H and O–H groups in total. The van der Waals surface area contributed by atoms with Crippen LogP contribution in [0.1, 0.15) is 219 Å². The highest BCUT2D eigenvalue weighted by Crippen LogP contribution is 2.23. The largest absolute Gasteiger partial charge is 0.394 e. The third-order valence-electron chi connectivity index (χ3n) is 12.9. The first kappa shape index (κ1) is 65.9. The minimum absolute atomic E-state index is 0.148. The fourth-order valence-electron chi connectivity index (χ4n) is 8.39. The first-order chi connectivity index (χ1) is 34.8. The van der Waals surface area contributed by atoms with Crippen LogP contribution >= 0.6 is 0 Å². The zero-order valence-electron chi connectivity index (χ0n) is 44.9. The molecule has 0 aromatic rings. The molecule has 0 radical (unpaired) electrons. The molecule has 7 unspecified atom stereocenters. The Balaban J connectivity index is 2.19. The average molecular weight is 993 g/mol. The van der Waals surface area contributed by atoms with Crippen molar-refractivity contribution in [1.29, 1.82) is 0 Å². The molecule has 406 valence electrons. The van der Waals surface area contributed by atoms with Gasteiger partial charge in [0.15, 0.2) is 6.29 Å². The van der Waals surface area contributed by atoms with Crippen molar-refractivity contribution in [2.75, 3.05) is 13.2 Å². The lowest BCUT2D eigenvalue weighted by atomic mass is 9.99. The molecule has 0 saturated carbocycles. The number of aliphatic hydroxyl groups excluding tert-OH is 5. The van der Waals surface area contributed by atoms with Crippen LogP contribution in [0.25, 0.3) is 0 Å². The Morgan fingerprint density at radius 1 is 0.493 bits per heavy atom. The second-order valence-corrected chi connectivity index (χ2v) is 19.4. The molecule has 9 heteroatoms. The molecule has 71 heavy (non-hydrogen) atoms. The summed E-state index contributed by atoms with van der Waals surface area (Å²) in [5.41, 5.74) is 0. The van der Waals surface area contributed by atoms with Crippen molar-refractivity contribution in [3.05, 3.63) is 109 Å². The molecular weight excluding hydrogens is 887 g/mol. The first-order valence-corrected chi connectivity index (χ1v) is 28.6. The van der Waals surface area contributed by atoms with E-state index in [1.807, 2.05) is 0 Å². The summed E-state index contributed by atoms with van der Waals surface area (Å²) in [4.78, 5) is 13.0. The molecule has 1 aliphatic rings. The second kappa shape index (κ2) is 50.4. The average Bonchev–Trinajstić information content (AvgIpc) is 3.37. The molecule has 0 spiro atoms. The maximum absolute atomic E-state index is 13.0. The number of amides is 1. The number of nitrogens with one attached hydrogen (secondary N) is 1. The zero-order chi connectivity index (χ0) is 51.5. The first-order valence-electron chi connectivity index (χ1n) is 28.6. The minimum Gasteiger partial charge on any atom is -0.394 e. The molecular formula is C62H105NO8. The predicted molar refractivity (Wildman–Crippen MR) is 299 cm³/mol. The Bertz CT molecular complexity index is 1480. The standard InChI is InChI=1S/C62H105NO8/c1-3-5-7-9-11-13-15-17-18-19-20-21-22-23-24-25-26-27-28-29-30-31-32-33-34-35-36-37-38-40-42-44-46-48-50-52-58(66)63-55(54-70-62-61(69)60(68)59(67)57(53-64)71-62)56(65)51-49-47-45-43-41-39-16-14-12-10-8-6-4-2/h5,7,11,13,17-18,20-21,23-24,26-27,29-30,32-33,35-36,55-57,59-62,64-65,67-69H,3-4,6,8-10,12,14-16,19,22,25,28,31,34,37-54H2,1-2H3,(H,63,66)/b7-5-,13-11-,18-17-,21-20-,24-23-,27-26-,30-29-,33-32-,36-35-. The topological polar surface area (TPSA) is 149 Å². The lowest BCUT2D eigenvalue weighted by Crippen LogP contribution is -2.60. The molecule has 1 heterocycles. The number of rotatable bonds is 47. The maximum Gasteiger partial charge on any atom is 0.220 e. The predicted octanol–water partition coefficient (Wildman–Crippen LogP) is 14.2. The number of ether oxygens (including phenoxy) is 2. The summed E-state index contributed by atoms with van der Waals surface area (Å²) in [6, 6.07) is -0.732. The van der Waals surface area contributed by atoms with Crippen molar-refractivity contribution in [2.24, 2.45) is 0 Å². The molecule has 9 nitrogen and oxygen atoms in total. The van der Waals surface area contributed by atoms with Gasteiger partial charge in [0.2, 0.25) is 5.91 Å². The molecule has 0 aromatic carbocycles. The van der Waals surface area contributed by atoms with E-state index in [-0.39, 0.29) is 12.5 Å². The third-order valence-corrected chi connectivity index (χ3v) is 12.9. The number of carbonyl (C=O) groups is 1. The van der Waals surface area contributed by atoms with Gasteiger partial charge in [-0.15, -0.1) is 0 Å². The van der Waals surface area contributed by atoms with Crippen molar-refractivity contribution >= 4 is 5.91 Å². The molecule has 1 amide bonds. The summed E-state index contributed by atoms with van der Waals surface area (Å²) >= 11 is 0. The van der Waals surface area contributed by atoms with E-state index in [1.54, 1.807) is 0 Å². The van der Waals surface area contributed by atoms with Crippen LogP contribution in [0.4, 0.5) is 0 Å². The van der Waals surface area contributed by atoms with Crippen LogP contribution in [0.15, 0.2) is 109 Å². The van der Waals surface area contributed by atoms with E-state index in [0.717, 1.165) is 109 Å². The van der Waals surface area contributed by atoms with Crippen LogP contribution in [-0.4, -0.2) is 87.5 Å². The smallest absolute Gasteiger partial charge is 0.220 e. The number of hydrogen-bond acceptors (Lipinski definition) is 8. The van der Waals surface area contributed by atoms with Gasteiger partial charge in [-0.25, -0.2) is 0 Å². The molecule has 1 aliphatic heterocycles. The number of aliphatic hydroxyl groups is 5. The summed E-state index contributed by atoms with van der Waals surface area (Å²) in [5, 5.41) is 54.5. The summed E-state index contributed by atoms with van der Waals surface area (Å²) in [6.07, 6.45) is 66.8. The molecule has 1 fully saturated rings. The molecule has 0 aromatic heterocycles. The highest BCUT2D eigenvalue weighted by Gasteiger charge is 2.44. The highest BCUT2D eigenvalue weighted by molar-refractivity contribution is 5.76. The van der Waals surface area contributed by atoms with Gasteiger partial charge < -0.3 is 40.3 Å². The van der Waals surface area contributed by atoms with Crippen LogP contribution in [0.5, 0.6) is 0 Å². The van der Waals surface area contributed by atoms with E-state index in [1.165, 1.54) is 83.5 Å². The van der Waals surface area contributed by atoms with Crippen LogP contribution in [0.3, 0.4) is 0 Å². The van der Waals surface area contributed by atoms with Crippen molar-refractivity contribution < 1.29 is 39.8 Å². The van der Waals surface area contributed by atoms with Crippen LogP contribution in [0, 0.1) is 0 Å². The quantitative estimate of drug-likeness (QED) is 0.0261. The summed E-state index contributed by atoms with van der Waals surface area (Å²) in [5.74, 6) is -0.160. The number of hydrogen-bond donors (Lipinski definition) is 6. The Hall–Kier alpha value is -3.15. The lowest BCUT2D eigenvalue weighted by Gasteiger charge is -2.40. The monoisotopic (exact) mass is 992 g/mol. The highest BCUT2D eigenvalue weighted by atomic mass is 16.7. The van der Waals surface area contributed by atoms with E-state index in [2.05, 4.69) is 129 Å². The summed E-state index contributed by atoms with van der Waals surface area (Å²) in [6.45, 7) is 3.70. The summed E-state index contributed by atoms with van der Waals surface area (Å²) in [7, 11) is 0. The molecule has 0 aliphatic carbocycles. The van der Waals surface area contributed by atoms with Gasteiger partial charge in [0.1, 0.15) is 24.4 Å². The normalized spacial score (nSPS) is 20.1. The van der Waals surface area contributed by atoms with Crippen molar-refractivity contribution in [3.8, 4) is 0 Å². The van der Waals surface area contributed by atoms with Crippen molar-refractivity contribution in [1.82, 2.24) is 5.32 Å². The van der Waals surface area contributed by atoms with Gasteiger partial charge in [0, 0.05) is 6.42 Å². The molecule has 1 saturated heterocycles. The number of allylic oxidation sites excluding steroid dienone is 18. The van der Waals surface area contributed by atoms with Crippen molar-refractivity contribution in [3.63, 3.8) is 0 Å². The Kier molecular flexibility index (Phi) is 46.7. The summed E-state index contributed by atoms with van der Waals surface area (Å²) < 4.78 is 11.3.